The highest BCUT2D eigenvalue weighted by Gasteiger charge is 2.18. The summed E-state index contributed by atoms with van der Waals surface area (Å²) in [5, 5.41) is 22.5. The van der Waals surface area contributed by atoms with Gasteiger partial charge in [0.05, 0.1) is 16.6 Å². The summed E-state index contributed by atoms with van der Waals surface area (Å²) in [6.45, 7) is 0. The predicted octanol–water partition coefficient (Wildman–Crippen LogP) is 3.30. The van der Waals surface area contributed by atoms with Crippen molar-refractivity contribution in [2.45, 2.75) is 0 Å². The fourth-order valence-electron chi connectivity index (χ4n) is 1.64. The summed E-state index contributed by atoms with van der Waals surface area (Å²) in [5.74, 6) is -1.36. The van der Waals surface area contributed by atoms with Gasteiger partial charge in [-0.2, -0.15) is 0 Å². The van der Waals surface area contributed by atoms with Crippen molar-refractivity contribution in [2.24, 2.45) is 0 Å². The van der Waals surface area contributed by atoms with Crippen LogP contribution in [-0.4, -0.2) is 15.9 Å². The van der Waals surface area contributed by atoms with Crippen LogP contribution < -0.4 is 5.32 Å². The van der Waals surface area contributed by atoms with Crippen LogP contribution in [0.5, 0.6) is 5.75 Å². The van der Waals surface area contributed by atoms with Crippen molar-refractivity contribution in [3.05, 3.63) is 61.5 Å². The molecule has 2 aromatic carbocycles. The number of anilines is 1. The van der Waals surface area contributed by atoms with E-state index in [0.29, 0.717) is 3.57 Å². The third-order valence-electron chi connectivity index (χ3n) is 2.60. The van der Waals surface area contributed by atoms with Crippen molar-refractivity contribution < 1.29 is 19.2 Å². The first-order valence-corrected chi connectivity index (χ1v) is 6.70. The minimum atomic E-state index is -0.717. The highest BCUT2D eigenvalue weighted by molar-refractivity contribution is 14.1. The lowest BCUT2D eigenvalue weighted by Crippen LogP contribution is -2.14. The quantitative estimate of drug-likeness (QED) is 0.357. The van der Waals surface area contributed by atoms with Gasteiger partial charge in [0.2, 0.25) is 0 Å². The zero-order valence-corrected chi connectivity index (χ0v) is 12.5. The van der Waals surface area contributed by atoms with E-state index in [2.05, 4.69) is 5.32 Å². The Labute approximate surface area is 131 Å². The molecule has 0 spiro atoms. The Morgan fingerprint density at radius 2 is 2.00 bits per heavy atom. The number of hydrogen-bond donors (Lipinski definition) is 2. The first kappa shape index (κ1) is 15.2. The topological polar surface area (TPSA) is 92.5 Å². The molecule has 1 amide bonds. The number of hydrogen-bond acceptors (Lipinski definition) is 4. The largest absolute Gasteiger partial charge is 0.508 e. The lowest BCUT2D eigenvalue weighted by molar-refractivity contribution is -0.384. The van der Waals surface area contributed by atoms with Crippen molar-refractivity contribution in [1.82, 2.24) is 0 Å². The zero-order chi connectivity index (χ0) is 15.6. The summed E-state index contributed by atoms with van der Waals surface area (Å²) in [4.78, 5) is 22.3. The second kappa shape index (κ2) is 6.04. The lowest BCUT2D eigenvalue weighted by Gasteiger charge is -2.08. The van der Waals surface area contributed by atoms with E-state index >= 15 is 0 Å². The Morgan fingerprint density at radius 3 is 2.62 bits per heavy atom. The molecule has 6 nitrogen and oxygen atoms in total. The highest BCUT2D eigenvalue weighted by atomic mass is 127. The van der Waals surface area contributed by atoms with Gasteiger partial charge in [-0.25, -0.2) is 4.39 Å². The summed E-state index contributed by atoms with van der Waals surface area (Å²) in [7, 11) is 0. The monoisotopic (exact) mass is 402 g/mol. The molecular formula is C13H8FIN2O4. The van der Waals surface area contributed by atoms with Gasteiger partial charge in [0, 0.05) is 3.57 Å². The van der Waals surface area contributed by atoms with Crippen LogP contribution in [0.4, 0.5) is 15.8 Å². The number of phenolic OH excluding ortho intramolecular Hbond substituents is 1. The second-order valence-electron chi connectivity index (χ2n) is 4.04. The maximum Gasteiger partial charge on any atom is 0.296 e. The van der Waals surface area contributed by atoms with Crippen LogP contribution >= 0.6 is 22.6 Å². The molecular weight excluding hydrogens is 394 g/mol. The molecule has 0 aromatic heterocycles. The van der Waals surface area contributed by atoms with Crippen molar-refractivity contribution in [3.8, 4) is 5.75 Å². The Kier molecular flexibility index (Phi) is 4.36. The second-order valence-corrected chi connectivity index (χ2v) is 5.20. The highest BCUT2D eigenvalue weighted by Crippen LogP contribution is 2.29. The fourth-order valence-corrected chi connectivity index (χ4v) is 2.36. The summed E-state index contributed by atoms with van der Waals surface area (Å²) >= 11 is 1.80. The van der Waals surface area contributed by atoms with E-state index in [-0.39, 0.29) is 17.0 Å². The molecule has 0 heterocycles. The first-order valence-electron chi connectivity index (χ1n) is 5.62. The number of nitrogens with one attached hydrogen (secondary N) is 1. The summed E-state index contributed by atoms with van der Waals surface area (Å²) in [6, 6.07) is 6.98. The molecule has 2 aromatic rings. The molecule has 2 rings (SSSR count). The smallest absolute Gasteiger partial charge is 0.296 e. The molecule has 8 heteroatoms. The first-order chi connectivity index (χ1) is 9.88. The van der Waals surface area contributed by atoms with Gasteiger partial charge in [-0.1, -0.05) is 0 Å². The molecule has 0 saturated carbocycles. The van der Waals surface area contributed by atoms with Gasteiger partial charge >= 0.3 is 0 Å². The van der Waals surface area contributed by atoms with Crippen molar-refractivity contribution >= 4 is 39.9 Å². The number of phenols is 1. The third-order valence-corrected chi connectivity index (χ3v) is 3.49. The Hall–Kier alpha value is -2.23. The number of nitrogens with zero attached hydrogens (tertiary/aromatic N) is 1. The minimum Gasteiger partial charge on any atom is -0.508 e. The number of benzene rings is 2. The van der Waals surface area contributed by atoms with E-state index in [1.54, 1.807) is 22.6 Å². The number of carbonyl (C=O) groups excluding carboxylic acids is 1. The van der Waals surface area contributed by atoms with Gasteiger partial charge in [0.25, 0.3) is 11.6 Å². The molecule has 0 bridgehead atoms. The minimum absolute atomic E-state index is 0.0528. The van der Waals surface area contributed by atoms with Crippen LogP contribution in [0.25, 0.3) is 0 Å². The predicted molar refractivity (Wildman–Crippen MR) is 81.8 cm³/mol. The van der Waals surface area contributed by atoms with Gasteiger partial charge in [-0.3, -0.25) is 14.9 Å². The molecule has 21 heavy (non-hydrogen) atoms. The van der Waals surface area contributed by atoms with Gasteiger partial charge in [-0.05, 0) is 52.9 Å². The van der Waals surface area contributed by atoms with Crippen LogP contribution in [0.2, 0.25) is 0 Å². The van der Waals surface area contributed by atoms with E-state index in [9.17, 15) is 24.4 Å². The van der Waals surface area contributed by atoms with Crippen LogP contribution in [0, 0.1) is 19.5 Å². The van der Waals surface area contributed by atoms with E-state index in [4.69, 9.17) is 0 Å². The van der Waals surface area contributed by atoms with Gasteiger partial charge in [0.1, 0.15) is 17.3 Å². The average Bonchev–Trinajstić information content (AvgIpc) is 2.40. The van der Waals surface area contributed by atoms with Crippen molar-refractivity contribution in [3.63, 3.8) is 0 Å². The Bertz CT molecular complexity index is 736. The molecule has 0 aliphatic rings. The molecule has 0 aliphatic heterocycles. The number of nitro benzene ring substituents is 1. The number of rotatable bonds is 3. The molecule has 108 valence electrons. The molecule has 0 unspecified atom stereocenters. The van der Waals surface area contributed by atoms with E-state index < -0.39 is 22.3 Å². The summed E-state index contributed by atoms with van der Waals surface area (Å²) < 4.78 is 13.4. The molecule has 0 radical (unpaired) electrons. The molecule has 0 saturated heterocycles. The standard InChI is InChI=1S/C13H8FIN2O4/c14-7-1-3-9(10(15)5-7)13(19)16-11-4-2-8(18)6-12(11)17(20)21/h1-6,18H,(H,16,19). The van der Waals surface area contributed by atoms with Gasteiger partial charge in [-0.15, -0.1) is 0 Å². The third kappa shape index (κ3) is 3.45. The Balaban J connectivity index is 2.34. The maximum atomic E-state index is 13.0. The number of aromatic hydroxyl groups is 1. The normalized spacial score (nSPS) is 10.2. The van der Waals surface area contributed by atoms with Crippen LogP contribution in [0.3, 0.4) is 0 Å². The number of halogens is 2. The molecule has 0 atom stereocenters. The van der Waals surface area contributed by atoms with Crippen molar-refractivity contribution in [2.75, 3.05) is 5.32 Å². The van der Waals surface area contributed by atoms with E-state index in [1.807, 2.05) is 0 Å². The number of carbonyl (C=O) groups is 1. The molecule has 2 N–H and O–H groups in total. The number of nitro groups is 1. The fraction of sp³-hybridized carbons (Fsp3) is 0. The van der Waals surface area contributed by atoms with Crippen molar-refractivity contribution in [1.29, 1.82) is 0 Å². The van der Waals surface area contributed by atoms with Crippen LogP contribution in [0.15, 0.2) is 36.4 Å². The summed E-state index contributed by atoms with van der Waals surface area (Å²) in [5.41, 5.74) is -0.289. The summed E-state index contributed by atoms with van der Waals surface area (Å²) in [6.07, 6.45) is 0. The molecule has 0 fully saturated rings. The lowest BCUT2D eigenvalue weighted by atomic mass is 10.2. The van der Waals surface area contributed by atoms with Crippen LogP contribution in [0.1, 0.15) is 10.4 Å². The van der Waals surface area contributed by atoms with Gasteiger partial charge < -0.3 is 10.4 Å². The SMILES string of the molecule is O=C(Nc1ccc(O)cc1[N+](=O)[O-])c1ccc(F)cc1I. The number of amides is 1. The van der Waals surface area contributed by atoms with Crippen LogP contribution in [-0.2, 0) is 0 Å². The zero-order valence-electron chi connectivity index (χ0n) is 10.3. The van der Waals surface area contributed by atoms with E-state index in [0.717, 1.165) is 12.1 Å². The van der Waals surface area contributed by atoms with Gasteiger partial charge in [0.15, 0.2) is 0 Å². The average molecular weight is 402 g/mol. The van der Waals surface area contributed by atoms with E-state index in [1.165, 1.54) is 24.3 Å². The maximum absolute atomic E-state index is 13.0. The Morgan fingerprint density at radius 1 is 1.29 bits per heavy atom. The molecule has 0 aliphatic carbocycles.